The highest BCUT2D eigenvalue weighted by atomic mass is 16.5. The van der Waals surface area contributed by atoms with Crippen molar-refractivity contribution >= 4 is 5.97 Å². The summed E-state index contributed by atoms with van der Waals surface area (Å²) in [5.74, 6) is -0.323. The highest BCUT2D eigenvalue weighted by Crippen LogP contribution is 2.02. The lowest BCUT2D eigenvalue weighted by Crippen LogP contribution is -2.33. The number of quaternary nitrogens is 1. The number of nitrogens with zero attached hydrogens (tertiary/aromatic N) is 4. The van der Waals surface area contributed by atoms with Gasteiger partial charge in [-0.3, -0.25) is 4.79 Å². The van der Waals surface area contributed by atoms with E-state index in [0.717, 1.165) is 16.7 Å². The zero-order valence-electron chi connectivity index (χ0n) is 9.60. The number of methoxy groups -OCH3 is 1. The Bertz CT molecular complexity index is 340. The van der Waals surface area contributed by atoms with Crippen LogP contribution in [0.25, 0.3) is 0 Å². The van der Waals surface area contributed by atoms with Gasteiger partial charge in [0.1, 0.15) is 18.8 Å². The van der Waals surface area contributed by atoms with E-state index in [1.807, 2.05) is 0 Å². The van der Waals surface area contributed by atoms with Gasteiger partial charge in [0.15, 0.2) is 0 Å². The Balaban J connectivity index is 2.60. The molecule has 0 unspecified atom stereocenters. The SMILES string of the molecule is COC(=O)Cn1cc(C[N+](C)(C)C)nn1. The molecule has 1 aromatic heterocycles. The zero-order chi connectivity index (χ0) is 11.5. The van der Waals surface area contributed by atoms with E-state index >= 15 is 0 Å². The topological polar surface area (TPSA) is 57.0 Å². The van der Waals surface area contributed by atoms with E-state index in [4.69, 9.17) is 0 Å². The molecule has 0 radical (unpaired) electrons. The Kier molecular flexibility index (Phi) is 3.41. The summed E-state index contributed by atoms with van der Waals surface area (Å²) < 4.78 is 6.79. The lowest BCUT2D eigenvalue weighted by molar-refractivity contribution is -0.884. The molecule has 15 heavy (non-hydrogen) atoms. The smallest absolute Gasteiger partial charge is 0.327 e. The molecule has 0 fully saturated rings. The molecular weight excluding hydrogens is 196 g/mol. The summed E-state index contributed by atoms with van der Waals surface area (Å²) in [6.07, 6.45) is 1.76. The molecule has 0 saturated heterocycles. The van der Waals surface area contributed by atoms with Crippen molar-refractivity contribution in [3.63, 3.8) is 0 Å². The minimum absolute atomic E-state index is 0.112. The molecule has 0 aromatic carbocycles. The van der Waals surface area contributed by atoms with Crippen LogP contribution in [0.15, 0.2) is 6.20 Å². The zero-order valence-corrected chi connectivity index (χ0v) is 9.60. The fraction of sp³-hybridized carbons (Fsp3) is 0.667. The predicted octanol–water partition coefficient (Wildman–Crippen LogP) is -0.343. The van der Waals surface area contributed by atoms with E-state index in [0.29, 0.717) is 0 Å². The minimum atomic E-state index is -0.323. The van der Waals surface area contributed by atoms with Crippen molar-refractivity contribution in [2.45, 2.75) is 13.1 Å². The van der Waals surface area contributed by atoms with Gasteiger partial charge in [0.05, 0.1) is 34.4 Å². The fourth-order valence-corrected chi connectivity index (χ4v) is 1.17. The van der Waals surface area contributed by atoms with E-state index in [1.54, 1.807) is 6.20 Å². The van der Waals surface area contributed by atoms with Crippen molar-refractivity contribution in [3.8, 4) is 0 Å². The second-order valence-corrected chi connectivity index (χ2v) is 4.43. The summed E-state index contributed by atoms with van der Waals surface area (Å²) in [6, 6.07) is 0. The van der Waals surface area contributed by atoms with Gasteiger partial charge in [0, 0.05) is 0 Å². The molecule has 0 saturated carbocycles. The monoisotopic (exact) mass is 213 g/mol. The fourth-order valence-electron chi connectivity index (χ4n) is 1.17. The molecule has 0 spiro atoms. The normalized spacial score (nSPS) is 11.5. The molecule has 1 aromatic rings. The molecule has 0 bridgehead atoms. The van der Waals surface area contributed by atoms with Crippen molar-refractivity contribution < 1.29 is 14.0 Å². The van der Waals surface area contributed by atoms with Gasteiger partial charge < -0.3 is 9.22 Å². The van der Waals surface area contributed by atoms with Crippen molar-refractivity contribution in [2.24, 2.45) is 0 Å². The summed E-state index contributed by atoms with van der Waals surface area (Å²) in [5.41, 5.74) is 0.867. The van der Waals surface area contributed by atoms with Gasteiger partial charge in [0.2, 0.25) is 0 Å². The summed E-state index contributed by atoms with van der Waals surface area (Å²) >= 11 is 0. The molecule has 0 atom stereocenters. The van der Waals surface area contributed by atoms with Crippen LogP contribution >= 0.6 is 0 Å². The molecule has 1 heterocycles. The summed E-state index contributed by atoms with van der Waals surface area (Å²) in [6.45, 7) is 0.891. The predicted molar refractivity (Wildman–Crippen MR) is 53.8 cm³/mol. The number of aromatic nitrogens is 3. The molecule has 1 rings (SSSR count). The quantitative estimate of drug-likeness (QED) is 0.507. The largest absolute Gasteiger partial charge is 0.468 e. The highest BCUT2D eigenvalue weighted by Gasteiger charge is 2.12. The maximum absolute atomic E-state index is 11.0. The molecule has 0 aliphatic rings. The van der Waals surface area contributed by atoms with Crippen molar-refractivity contribution in [3.05, 3.63) is 11.9 Å². The number of carbonyl (C=O) groups is 1. The van der Waals surface area contributed by atoms with Crippen LogP contribution in [-0.4, -0.2) is 53.7 Å². The average molecular weight is 213 g/mol. The van der Waals surface area contributed by atoms with Crippen LogP contribution < -0.4 is 0 Å². The second kappa shape index (κ2) is 4.39. The van der Waals surface area contributed by atoms with E-state index in [2.05, 4.69) is 36.2 Å². The molecule has 6 nitrogen and oxygen atoms in total. The molecule has 6 heteroatoms. The van der Waals surface area contributed by atoms with Crippen LogP contribution in [0.3, 0.4) is 0 Å². The third kappa shape index (κ3) is 4.07. The number of ether oxygens (including phenoxy) is 1. The number of rotatable bonds is 4. The standard InChI is InChI=1S/C9H17N4O2/c1-13(2,3)7-8-5-12(11-10-8)6-9(14)15-4/h5H,6-7H2,1-4H3/q+1. The molecule has 0 amide bonds. The van der Waals surface area contributed by atoms with Gasteiger partial charge in [-0.2, -0.15) is 0 Å². The highest BCUT2D eigenvalue weighted by molar-refractivity contribution is 5.68. The van der Waals surface area contributed by atoms with Crippen LogP contribution in [-0.2, 0) is 22.6 Å². The molecule has 0 aliphatic heterocycles. The lowest BCUT2D eigenvalue weighted by Gasteiger charge is -2.21. The van der Waals surface area contributed by atoms with E-state index in [-0.39, 0.29) is 12.5 Å². The van der Waals surface area contributed by atoms with Gasteiger partial charge in [-0.05, 0) is 0 Å². The first kappa shape index (κ1) is 11.6. The Morgan fingerprint density at radius 2 is 2.20 bits per heavy atom. The van der Waals surface area contributed by atoms with Crippen molar-refractivity contribution in [1.29, 1.82) is 0 Å². The molecule has 84 valence electrons. The number of hydrogen-bond donors (Lipinski definition) is 0. The van der Waals surface area contributed by atoms with Crippen LogP contribution in [0.1, 0.15) is 5.69 Å². The summed E-state index contributed by atoms with van der Waals surface area (Å²) in [7, 11) is 7.56. The van der Waals surface area contributed by atoms with Crippen molar-refractivity contribution in [2.75, 3.05) is 28.3 Å². The summed E-state index contributed by atoms with van der Waals surface area (Å²) in [4.78, 5) is 11.0. The number of hydrogen-bond acceptors (Lipinski definition) is 4. The van der Waals surface area contributed by atoms with Crippen LogP contribution in [0, 0.1) is 0 Å². The first-order valence-corrected chi connectivity index (χ1v) is 4.67. The molecular formula is C9H17N4O2+. The summed E-state index contributed by atoms with van der Waals surface area (Å²) in [5, 5.41) is 7.82. The van der Waals surface area contributed by atoms with Gasteiger partial charge in [0.25, 0.3) is 0 Å². The first-order valence-electron chi connectivity index (χ1n) is 4.67. The van der Waals surface area contributed by atoms with Gasteiger partial charge in [-0.1, -0.05) is 5.21 Å². The van der Waals surface area contributed by atoms with Gasteiger partial charge in [-0.25, -0.2) is 4.68 Å². The van der Waals surface area contributed by atoms with Gasteiger partial charge in [-0.15, -0.1) is 5.10 Å². The first-order chi connectivity index (χ1) is 6.90. The Labute approximate surface area is 89.0 Å². The van der Waals surface area contributed by atoms with Crippen LogP contribution in [0.5, 0.6) is 0 Å². The lowest BCUT2D eigenvalue weighted by atomic mass is 10.4. The Hall–Kier alpha value is -1.43. The molecule has 0 N–H and O–H groups in total. The number of carbonyl (C=O) groups excluding carboxylic acids is 1. The van der Waals surface area contributed by atoms with Crippen LogP contribution in [0.4, 0.5) is 0 Å². The van der Waals surface area contributed by atoms with E-state index < -0.39 is 0 Å². The van der Waals surface area contributed by atoms with E-state index in [9.17, 15) is 4.79 Å². The average Bonchev–Trinajstić information content (AvgIpc) is 2.49. The van der Waals surface area contributed by atoms with Crippen LogP contribution in [0.2, 0.25) is 0 Å². The maximum Gasteiger partial charge on any atom is 0.327 e. The second-order valence-electron chi connectivity index (χ2n) is 4.43. The third-order valence-electron chi connectivity index (χ3n) is 1.74. The molecule has 0 aliphatic carbocycles. The van der Waals surface area contributed by atoms with Crippen molar-refractivity contribution in [1.82, 2.24) is 15.0 Å². The third-order valence-corrected chi connectivity index (χ3v) is 1.74. The Morgan fingerprint density at radius 3 is 2.73 bits per heavy atom. The van der Waals surface area contributed by atoms with Gasteiger partial charge >= 0.3 is 5.97 Å². The minimum Gasteiger partial charge on any atom is -0.468 e. The Morgan fingerprint density at radius 1 is 1.53 bits per heavy atom. The maximum atomic E-state index is 11.0. The van der Waals surface area contributed by atoms with E-state index in [1.165, 1.54) is 11.8 Å². The number of esters is 1.